The molecule has 1 unspecified atom stereocenters. The van der Waals surface area contributed by atoms with Gasteiger partial charge >= 0.3 is 0 Å². The molecule has 0 N–H and O–H groups in total. The molecule has 0 aliphatic heterocycles. The molecule has 1 rings (SSSR count). The summed E-state index contributed by atoms with van der Waals surface area (Å²) in [5.41, 5.74) is -0.211. The number of halogens is 2. The summed E-state index contributed by atoms with van der Waals surface area (Å²) in [4.78, 5) is 10.5. The lowest BCUT2D eigenvalue weighted by atomic mass is 10.3. The molecule has 0 fully saturated rings. The van der Waals surface area contributed by atoms with E-state index in [1.807, 2.05) is 6.92 Å². The third kappa shape index (κ3) is 3.35. The number of nitro benzene ring substituents is 1. The first-order chi connectivity index (χ1) is 7.04. The second kappa shape index (κ2) is 5.32. The van der Waals surface area contributed by atoms with Gasteiger partial charge in [0.15, 0.2) is 0 Å². The highest BCUT2D eigenvalue weighted by Crippen LogP contribution is 2.32. The fraction of sp³-hybridized carbons (Fsp3) is 0.333. The van der Waals surface area contributed by atoms with Crippen molar-refractivity contribution in [3.8, 4) is 0 Å². The standard InChI is InChI=1S/C9H9ClFNO2S/c1-6(5-10)15-9-3-2-7(11)4-8(9)12(13)14/h2-4,6H,5H2,1H3. The lowest BCUT2D eigenvalue weighted by Crippen LogP contribution is -1.99. The molecular formula is C9H9ClFNO2S. The number of hydrogen-bond acceptors (Lipinski definition) is 3. The lowest BCUT2D eigenvalue weighted by Gasteiger charge is -2.07. The van der Waals surface area contributed by atoms with E-state index in [2.05, 4.69) is 0 Å². The van der Waals surface area contributed by atoms with E-state index in [1.165, 1.54) is 23.9 Å². The Morgan fingerprint density at radius 3 is 2.87 bits per heavy atom. The van der Waals surface area contributed by atoms with Crippen molar-refractivity contribution in [3.63, 3.8) is 0 Å². The van der Waals surface area contributed by atoms with Crippen molar-refractivity contribution < 1.29 is 9.31 Å². The molecule has 1 atom stereocenters. The number of thioether (sulfide) groups is 1. The summed E-state index contributed by atoms with van der Waals surface area (Å²) < 4.78 is 12.8. The Hall–Kier alpha value is -0.810. The number of rotatable bonds is 4. The average molecular weight is 250 g/mol. The van der Waals surface area contributed by atoms with Crippen molar-refractivity contribution >= 4 is 29.1 Å². The number of alkyl halides is 1. The number of nitro groups is 1. The van der Waals surface area contributed by atoms with E-state index < -0.39 is 10.7 Å². The Morgan fingerprint density at radius 1 is 1.67 bits per heavy atom. The summed E-state index contributed by atoms with van der Waals surface area (Å²) in [5.74, 6) is -0.219. The molecule has 1 aromatic rings. The molecule has 0 amide bonds. The molecular weight excluding hydrogens is 241 g/mol. The van der Waals surface area contributed by atoms with Gasteiger partial charge in [0, 0.05) is 11.1 Å². The van der Waals surface area contributed by atoms with Gasteiger partial charge < -0.3 is 0 Å². The van der Waals surface area contributed by atoms with Gasteiger partial charge in [-0.25, -0.2) is 4.39 Å². The number of nitrogens with zero attached hydrogens (tertiary/aromatic N) is 1. The Balaban J connectivity index is 3.01. The predicted octanol–water partition coefficient (Wildman–Crippen LogP) is 3.45. The first-order valence-electron chi connectivity index (χ1n) is 4.21. The summed E-state index contributed by atoms with van der Waals surface area (Å²) in [7, 11) is 0. The van der Waals surface area contributed by atoms with Gasteiger partial charge in [0.2, 0.25) is 0 Å². The average Bonchev–Trinajstić information content (AvgIpc) is 2.20. The molecule has 82 valence electrons. The summed E-state index contributed by atoms with van der Waals surface area (Å²) >= 11 is 6.87. The van der Waals surface area contributed by atoms with Crippen LogP contribution < -0.4 is 0 Å². The van der Waals surface area contributed by atoms with E-state index >= 15 is 0 Å². The molecule has 0 aliphatic rings. The SMILES string of the molecule is CC(CCl)Sc1ccc(F)cc1[N+](=O)[O-]. The molecule has 15 heavy (non-hydrogen) atoms. The molecule has 0 saturated heterocycles. The minimum absolute atomic E-state index is 0.0517. The van der Waals surface area contributed by atoms with Gasteiger partial charge in [-0.05, 0) is 12.1 Å². The van der Waals surface area contributed by atoms with Crippen molar-refractivity contribution in [3.05, 3.63) is 34.1 Å². The van der Waals surface area contributed by atoms with Crippen LogP contribution >= 0.6 is 23.4 Å². The zero-order valence-electron chi connectivity index (χ0n) is 7.94. The maximum Gasteiger partial charge on any atom is 0.285 e. The van der Waals surface area contributed by atoms with E-state index in [1.54, 1.807) is 0 Å². The highest BCUT2D eigenvalue weighted by molar-refractivity contribution is 8.00. The number of hydrogen-bond donors (Lipinski definition) is 0. The van der Waals surface area contributed by atoms with E-state index in [-0.39, 0.29) is 10.9 Å². The van der Waals surface area contributed by atoms with Crippen molar-refractivity contribution in [2.45, 2.75) is 17.1 Å². The van der Waals surface area contributed by atoms with Crippen LogP contribution in [0.25, 0.3) is 0 Å². The Labute approximate surface area is 95.8 Å². The third-order valence-electron chi connectivity index (χ3n) is 1.66. The molecule has 3 nitrogen and oxygen atoms in total. The van der Waals surface area contributed by atoms with Crippen LogP contribution in [0.5, 0.6) is 0 Å². The topological polar surface area (TPSA) is 43.1 Å². The minimum Gasteiger partial charge on any atom is -0.258 e. The van der Waals surface area contributed by atoms with Crippen LogP contribution in [0.4, 0.5) is 10.1 Å². The molecule has 0 aromatic heterocycles. The van der Waals surface area contributed by atoms with Crippen LogP contribution in [0.15, 0.2) is 23.1 Å². The second-order valence-electron chi connectivity index (χ2n) is 2.95. The first kappa shape index (κ1) is 12.3. The second-order valence-corrected chi connectivity index (χ2v) is 4.74. The molecule has 0 saturated carbocycles. The summed E-state index contributed by atoms with van der Waals surface area (Å²) in [6.07, 6.45) is 0. The van der Waals surface area contributed by atoms with E-state index in [0.29, 0.717) is 10.8 Å². The van der Waals surface area contributed by atoms with Gasteiger partial charge in [-0.15, -0.1) is 23.4 Å². The Kier molecular flexibility index (Phi) is 4.35. The van der Waals surface area contributed by atoms with E-state index in [4.69, 9.17) is 11.6 Å². The Bertz CT molecular complexity index is 375. The normalized spacial score (nSPS) is 12.5. The van der Waals surface area contributed by atoms with Crippen LogP contribution in [0.2, 0.25) is 0 Å². The zero-order valence-corrected chi connectivity index (χ0v) is 9.52. The molecule has 0 bridgehead atoms. The fourth-order valence-corrected chi connectivity index (χ4v) is 2.07. The highest BCUT2D eigenvalue weighted by atomic mass is 35.5. The number of benzene rings is 1. The maximum atomic E-state index is 12.8. The summed E-state index contributed by atoms with van der Waals surface area (Å²) in [5, 5.41) is 10.7. The van der Waals surface area contributed by atoms with Gasteiger partial charge in [0.25, 0.3) is 5.69 Å². The van der Waals surface area contributed by atoms with Crippen molar-refractivity contribution in [2.75, 3.05) is 5.88 Å². The monoisotopic (exact) mass is 249 g/mol. The molecule has 6 heteroatoms. The van der Waals surface area contributed by atoms with Gasteiger partial charge in [0.1, 0.15) is 5.82 Å². The van der Waals surface area contributed by atoms with Crippen LogP contribution in [-0.2, 0) is 0 Å². The highest BCUT2D eigenvalue weighted by Gasteiger charge is 2.17. The molecule has 0 spiro atoms. The lowest BCUT2D eigenvalue weighted by molar-refractivity contribution is -0.387. The molecule has 0 radical (unpaired) electrons. The molecule has 0 heterocycles. The quantitative estimate of drug-likeness (QED) is 0.355. The van der Waals surface area contributed by atoms with E-state index in [9.17, 15) is 14.5 Å². The summed E-state index contributed by atoms with van der Waals surface area (Å²) in [6, 6.07) is 3.53. The maximum absolute atomic E-state index is 12.8. The van der Waals surface area contributed by atoms with Crippen molar-refractivity contribution in [1.29, 1.82) is 0 Å². The smallest absolute Gasteiger partial charge is 0.258 e. The van der Waals surface area contributed by atoms with E-state index in [0.717, 1.165) is 6.07 Å². The fourth-order valence-electron chi connectivity index (χ4n) is 0.981. The Morgan fingerprint density at radius 2 is 2.33 bits per heavy atom. The van der Waals surface area contributed by atoms with Gasteiger partial charge in [0.05, 0.1) is 15.9 Å². The minimum atomic E-state index is -0.607. The first-order valence-corrected chi connectivity index (χ1v) is 5.62. The molecule has 0 aliphatic carbocycles. The summed E-state index contributed by atoms with van der Waals surface area (Å²) in [6.45, 7) is 1.85. The van der Waals surface area contributed by atoms with Crippen LogP contribution in [0.1, 0.15) is 6.92 Å². The van der Waals surface area contributed by atoms with Crippen LogP contribution in [-0.4, -0.2) is 16.1 Å². The van der Waals surface area contributed by atoms with Gasteiger partial charge in [-0.1, -0.05) is 6.92 Å². The van der Waals surface area contributed by atoms with Crippen LogP contribution in [0.3, 0.4) is 0 Å². The third-order valence-corrected chi connectivity index (χ3v) is 3.48. The van der Waals surface area contributed by atoms with Gasteiger partial charge in [-0.2, -0.15) is 0 Å². The van der Waals surface area contributed by atoms with Gasteiger partial charge in [-0.3, -0.25) is 10.1 Å². The van der Waals surface area contributed by atoms with Crippen molar-refractivity contribution in [1.82, 2.24) is 0 Å². The zero-order chi connectivity index (χ0) is 11.4. The van der Waals surface area contributed by atoms with Crippen LogP contribution in [0, 0.1) is 15.9 Å². The largest absolute Gasteiger partial charge is 0.285 e. The van der Waals surface area contributed by atoms with Crippen molar-refractivity contribution in [2.24, 2.45) is 0 Å². The molecule has 1 aromatic carbocycles. The predicted molar refractivity (Wildman–Crippen MR) is 59.1 cm³/mol.